The number of rotatable bonds is 15. The van der Waals surface area contributed by atoms with Crippen molar-refractivity contribution in [2.45, 2.75) is 189 Å². The molecule has 9 heterocycles. The third kappa shape index (κ3) is 22.1. The molecule has 3 aromatic heterocycles. The summed E-state index contributed by atoms with van der Waals surface area (Å²) in [5.74, 6) is -12.6. The summed E-state index contributed by atoms with van der Waals surface area (Å²) in [5, 5.41) is 90.8. The van der Waals surface area contributed by atoms with Gasteiger partial charge in [-0.25, -0.2) is 15.0 Å². The number of pyridine rings is 3. The fourth-order valence-corrected chi connectivity index (χ4v) is 14.2. The van der Waals surface area contributed by atoms with Gasteiger partial charge in [0.1, 0.15) is 53.6 Å². The number of aliphatic hydroxyl groups excluding tert-OH is 3. The highest BCUT2D eigenvalue weighted by Crippen LogP contribution is 2.28. The van der Waals surface area contributed by atoms with Gasteiger partial charge in [0.2, 0.25) is 47.5 Å². The molecule has 12 rings (SSSR count). The van der Waals surface area contributed by atoms with Gasteiger partial charge in [0.25, 0.3) is 23.6 Å². The average molecular weight is 1630 g/mol. The van der Waals surface area contributed by atoms with Gasteiger partial charge in [-0.2, -0.15) is 0 Å². The van der Waals surface area contributed by atoms with Gasteiger partial charge >= 0.3 is 5.97 Å². The zero-order valence-electron chi connectivity index (χ0n) is 65.8. The minimum atomic E-state index is -1.39. The van der Waals surface area contributed by atoms with Crippen LogP contribution in [-0.4, -0.2) is 257 Å². The van der Waals surface area contributed by atoms with Crippen molar-refractivity contribution in [1.82, 2.24) is 73.0 Å². The number of aromatic hydroxyl groups is 3. The molecule has 6 aromatic rings. The van der Waals surface area contributed by atoms with E-state index in [2.05, 4.69) is 68.1 Å². The Labute approximate surface area is 679 Å². The number of aromatic nitrogens is 3. The van der Waals surface area contributed by atoms with E-state index in [1.54, 1.807) is 19.1 Å². The number of likely N-dealkylation sites (N-methyl/N-ethyl adjacent to an activating group) is 1. The lowest BCUT2D eigenvalue weighted by molar-refractivity contribution is -0.184. The minimum Gasteiger partial charge on any atom is -0.505 e. The van der Waals surface area contributed by atoms with Crippen molar-refractivity contribution in [3.05, 3.63) is 180 Å². The van der Waals surface area contributed by atoms with E-state index in [0.29, 0.717) is 39.1 Å². The number of amides is 11. The third-order valence-electron chi connectivity index (χ3n) is 21.5. The topological polar surface area (TPSA) is 525 Å². The van der Waals surface area contributed by atoms with Crippen molar-refractivity contribution in [3.8, 4) is 17.2 Å². The average Bonchev–Trinajstić information content (AvgIpc) is 0.488. The summed E-state index contributed by atoms with van der Waals surface area (Å²) < 4.78 is 22.0. The molecule has 0 bridgehead atoms. The fraction of sp³-hybridized carbons (Fsp3) is 0.451. The van der Waals surface area contributed by atoms with E-state index in [0.717, 1.165) is 16.7 Å². The summed E-state index contributed by atoms with van der Waals surface area (Å²) >= 11 is 0. The maximum Gasteiger partial charge on any atom is 0.312 e. The summed E-state index contributed by atoms with van der Waals surface area (Å²) in [7, 11) is 1.49. The largest absolute Gasteiger partial charge is 0.505 e. The van der Waals surface area contributed by atoms with Gasteiger partial charge in [0, 0.05) is 51.9 Å². The lowest BCUT2D eigenvalue weighted by atomic mass is 9.90. The van der Waals surface area contributed by atoms with Crippen molar-refractivity contribution in [2.24, 2.45) is 17.8 Å². The maximum absolute atomic E-state index is 13.7. The predicted octanol–water partition coefficient (Wildman–Crippen LogP) is -1.02. The van der Waals surface area contributed by atoms with Crippen LogP contribution < -0.4 is 53.2 Å². The minimum absolute atomic E-state index is 0.170. The van der Waals surface area contributed by atoms with Crippen LogP contribution in [0.2, 0.25) is 0 Å². The number of carbonyl (C=O) groups is 12. The predicted molar refractivity (Wildman–Crippen MR) is 417 cm³/mol. The highest BCUT2D eigenvalue weighted by atomic mass is 16.6. The lowest BCUT2D eigenvalue weighted by Gasteiger charge is -2.41. The van der Waals surface area contributed by atoms with Crippen molar-refractivity contribution in [2.75, 3.05) is 26.9 Å². The van der Waals surface area contributed by atoms with E-state index in [4.69, 9.17) is 18.9 Å². The Bertz CT molecular complexity index is 4360. The Morgan fingerprint density at radius 2 is 0.746 bits per heavy atom. The molecule has 118 heavy (non-hydrogen) atoms. The van der Waals surface area contributed by atoms with Gasteiger partial charge in [-0.3, -0.25) is 57.5 Å². The highest BCUT2D eigenvalue weighted by molar-refractivity contribution is 6.01. The van der Waals surface area contributed by atoms with Crippen LogP contribution in [0.15, 0.2) is 146 Å². The van der Waals surface area contributed by atoms with Crippen molar-refractivity contribution in [3.63, 3.8) is 0 Å². The second-order valence-electron chi connectivity index (χ2n) is 29.9. The standard InChI is InChI=1S/C28H35N5O7.C27H33N5O7.C27H32N4O8/c1-15-24(35)18(14-17-8-5-4-6-9-17)31-25(36)21(32-26(37)22-19(34)10-7-12-29-22)16(2)30-27(38)23(20-11-13-40-20)33(3)28(15)39;1-14-23(34)17(13-16-7-4-3-5-8-16)30-25(36)20(31-26(37)21-18(33)9-6-11-28-21)15(2)29-27(38)22(32-24(14)35)19-10-12-39-19;1-14-22(33)17(13-16-7-4-3-5-8-16)30-24(34)20(31-25(35)21-18(32)9-6-11-28-21)15(2)29-26(36)23(39-27(14)37)19-10-12-38-19/h4-10,12,15-16,18,20-21,23-24,34-35H,11,13-14H2,1-3H3,(H,30,38)(H,31,36)(H,32,37);3-9,11,14-15,17,19-20,22-23,33-34H,10,12-13H2,1-2H3,(H,29,38)(H,30,36)(H,31,37)(H,32,35);3-9,11,14-15,17,19-20,22-23,32-33H,10,12-13H2,1-2H3,(H,29,36)(H,30,34)(H,31,35)/t15-,16-,18+,20?,21+,23?,24+;14-,15-,17+,19?,20+,22?,23+;14-,15-,17+,19?,20+,22+,23?/m111/s1. The number of esters is 1. The number of nitrogens with zero attached hydrogens (tertiary/aromatic N) is 4. The number of hydrogen-bond acceptors (Lipinski definition) is 25. The van der Waals surface area contributed by atoms with E-state index in [1.807, 2.05) is 78.9 Å². The number of nitrogens with one attached hydrogen (secondary N) is 10. The molecule has 36 heteroatoms. The van der Waals surface area contributed by atoms with E-state index in [1.165, 1.54) is 102 Å². The number of benzene rings is 3. The van der Waals surface area contributed by atoms with E-state index < -0.39 is 198 Å². The first-order chi connectivity index (χ1) is 56.4. The molecule has 21 atom stereocenters. The molecule has 0 radical (unpaired) electrons. The molecule has 6 aliphatic heterocycles. The normalized spacial score (nSPS) is 29.9. The van der Waals surface area contributed by atoms with Crippen LogP contribution in [0.3, 0.4) is 0 Å². The SMILES string of the molecule is C[C@H]1NC(=O)C(C2CCO2)N(C)C(=O)[C@H](C)[C@H](O)[C@H](Cc2ccccc2)NC(=O)[C@H]1NC(=O)c1ncccc1O.C[C@H]1NC(=O)C(C2CCO2)NC(=O)[C@H](C)[C@H](O)[C@H](Cc2ccccc2)NC(=O)[C@H]1NC(=O)c1ncccc1O.C[C@H]1NC(=O)C(C2CCO2)OC(=O)[C@H](C)[C@H](O)[C@H](Cc2ccccc2)NC(=O)[C@H]1NC(=O)c1ncccc1O. The summed E-state index contributed by atoms with van der Waals surface area (Å²) in [4.78, 5) is 172. The molecular weight excluding hydrogens is 1530 g/mol. The monoisotopic (exact) mass is 1630 g/mol. The molecule has 11 amide bonds. The van der Waals surface area contributed by atoms with Crippen LogP contribution in [0, 0.1) is 17.8 Å². The van der Waals surface area contributed by atoms with Crippen LogP contribution in [-0.2, 0) is 81.4 Å². The maximum atomic E-state index is 13.7. The Hall–Kier alpha value is -12.1. The molecule has 6 unspecified atom stereocenters. The quantitative estimate of drug-likeness (QED) is 0.0547. The Balaban J connectivity index is 0.000000186. The summed E-state index contributed by atoms with van der Waals surface area (Å²) in [6.45, 7) is 10.3. The Kier molecular flexibility index (Phi) is 30.4. The van der Waals surface area contributed by atoms with Crippen molar-refractivity contribution >= 4 is 70.9 Å². The van der Waals surface area contributed by atoms with Crippen LogP contribution in [0.25, 0.3) is 0 Å². The number of hydrogen-bond donors (Lipinski definition) is 16. The van der Waals surface area contributed by atoms with Gasteiger partial charge in [-0.1, -0.05) is 105 Å². The Morgan fingerprint density at radius 1 is 0.407 bits per heavy atom. The van der Waals surface area contributed by atoms with E-state index >= 15 is 0 Å². The summed E-state index contributed by atoms with van der Waals surface area (Å²) in [5.41, 5.74) is 1.52. The second-order valence-corrected chi connectivity index (χ2v) is 29.9. The van der Waals surface area contributed by atoms with Gasteiger partial charge in [0.05, 0.1) is 84.5 Å². The highest BCUT2D eigenvalue weighted by Gasteiger charge is 2.48. The molecule has 6 fully saturated rings. The van der Waals surface area contributed by atoms with Crippen LogP contribution in [0.4, 0.5) is 0 Å². The number of aliphatic hydroxyl groups is 3. The molecule has 3 aromatic carbocycles. The summed E-state index contributed by atoms with van der Waals surface area (Å²) in [6, 6.07) is 23.8. The van der Waals surface area contributed by atoms with Crippen LogP contribution in [0.1, 0.15) is 109 Å². The number of carbonyl (C=O) groups excluding carboxylic acids is 12. The first-order valence-electron chi connectivity index (χ1n) is 38.8. The van der Waals surface area contributed by atoms with E-state index in [-0.39, 0.29) is 53.6 Å². The van der Waals surface area contributed by atoms with Gasteiger partial charge in [-0.15, -0.1) is 0 Å². The molecule has 0 aliphatic carbocycles. The lowest BCUT2D eigenvalue weighted by Crippen LogP contribution is -2.66. The molecule has 6 saturated heterocycles. The van der Waals surface area contributed by atoms with Gasteiger partial charge in [-0.05, 0) is 113 Å². The van der Waals surface area contributed by atoms with Crippen molar-refractivity contribution in [1.29, 1.82) is 0 Å². The van der Waals surface area contributed by atoms with Gasteiger partial charge < -0.3 is 108 Å². The van der Waals surface area contributed by atoms with Crippen molar-refractivity contribution < 1.29 is 107 Å². The van der Waals surface area contributed by atoms with Crippen LogP contribution in [0.5, 0.6) is 17.2 Å². The van der Waals surface area contributed by atoms with Crippen LogP contribution >= 0.6 is 0 Å². The zero-order valence-corrected chi connectivity index (χ0v) is 65.8. The first kappa shape index (κ1) is 88.3. The Morgan fingerprint density at radius 3 is 1.09 bits per heavy atom. The zero-order chi connectivity index (χ0) is 85.2. The molecule has 16 N–H and O–H groups in total. The molecule has 0 spiro atoms. The molecular formula is C82H100N14O22. The van der Waals surface area contributed by atoms with E-state index in [9.17, 15) is 88.2 Å². The smallest absolute Gasteiger partial charge is 0.312 e. The number of ether oxygens (including phenoxy) is 4. The summed E-state index contributed by atoms with van der Waals surface area (Å²) in [6.07, 6.45) is -1.06. The van der Waals surface area contributed by atoms with Gasteiger partial charge in [0.15, 0.2) is 17.1 Å². The molecule has 36 nitrogen and oxygen atoms in total. The molecule has 0 saturated carbocycles. The third-order valence-corrected chi connectivity index (χ3v) is 21.5. The second kappa shape index (κ2) is 40.7. The fourth-order valence-electron chi connectivity index (χ4n) is 14.2. The molecule has 630 valence electrons. The first-order valence-corrected chi connectivity index (χ1v) is 38.8. The number of cyclic esters (lactones) is 1. The molecule has 6 aliphatic rings.